The summed E-state index contributed by atoms with van der Waals surface area (Å²) in [5.74, 6) is -0.658. The maximum absolute atomic E-state index is 13.1. The maximum Gasteiger partial charge on any atom is 0.336 e. The molecule has 1 fully saturated rings. The van der Waals surface area contributed by atoms with Gasteiger partial charge in [-0.2, -0.15) is 0 Å². The second-order valence-electron chi connectivity index (χ2n) is 6.03. The molecule has 2 unspecified atom stereocenters. The van der Waals surface area contributed by atoms with Crippen LogP contribution in [0.25, 0.3) is 0 Å². The largest absolute Gasteiger partial charge is 0.464 e. The van der Waals surface area contributed by atoms with E-state index in [0.29, 0.717) is 18.5 Å². The average Bonchev–Trinajstić information content (AvgIpc) is 3.01. The van der Waals surface area contributed by atoms with Gasteiger partial charge in [0.25, 0.3) is 5.91 Å². The molecular formula is C20H20ClNO3. The van der Waals surface area contributed by atoms with Crippen LogP contribution in [-0.4, -0.2) is 35.3 Å². The van der Waals surface area contributed by atoms with Gasteiger partial charge in [0, 0.05) is 18.5 Å². The maximum atomic E-state index is 13.1. The monoisotopic (exact) mass is 357 g/mol. The second-order valence-corrected chi connectivity index (χ2v) is 6.65. The van der Waals surface area contributed by atoms with E-state index < -0.39 is 11.5 Å². The molecule has 4 nitrogen and oxygen atoms in total. The highest BCUT2D eigenvalue weighted by atomic mass is 35.5. The number of rotatable bonds is 4. The molecule has 0 N–H and O–H groups in total. The molecule has 2 aromatic carbocycles. The van der Waals surface area contributed by atoms with E-state index in [1.807, 2.05) is 36.4 Å². The Bertz CT molecular complexity index is 750. The first-order valence-electron chi connectivity index (χ1n) is 8.33. The van der Waals surface area contributed by atoms with Crippen LogP contribution in [0.3, 0.4) is 0 Å². The predicted octanol–water partition coefficient (Wildman–Crippen LogP) is 3.60. The Morgan fingerprint density at radius 1 is 1.12 bits per heavy atom. The molecule has 0 bridgehead atoms. The van der Waals surface area contributed by atoms with Crippen molar-refractivity contribution in [3.05, 3.63) is 71.8 Å². The molecule has 0 aromatic heterocycles. The number of nitrogens with zero attached hydrogens (tertiary/aromatic N) is 1. The van der Waals surface area contributed by atoms with E-state index in [9.17, 15) is 9.59 Å². The third-order valence-electron chi connectivity index (χ3n) is 4.49. The van der Waals surface area contributed by atoms with E-state index in [1.54, 1.807) is 36.1 Å². The van der Waals surface area contributed by atoms with E-state index in [4.69, 9.17) is 16.3 Å². The van der Waals surface area contributed by atoms with Crippen molar-refractivity contribution in [2.45, 2.75) is 24.3 Å². The van der Waals surface area contributed by atoms with E-state index in [0.717, 1.165) is 5.56 Å². The van der Waals surface area contributed by atoms with E-state index in [-0.39, 0.29) is 17.9 Å². The van der Waals surface area contributed by atoms with Gasteiger partial charge in [-0.05, 0) is 24.6 Å². The molecule has 130 valence electrons. The number of alkyl halides is 1. The van der Waals surface area contributed by atoms with Crippen LogP contribution in [0, 0.1) is 0 Å². The molecule has 1 amide bonds. The van der Waals surface area contributed by atoms with Crippen LogP contribution in [0.1, 0.15) is 29.3 Å². The van der Waals surface area contributed by atoms with Crippen molar-refractivity contribution in [1.82, 2.24) is 4.90 Å². The van der Waals surface area contributed by atoms with Crippen LogP contribution in [0.15, 0.2) is 60.7 Å². The van der Waals surface area contributed by atoms with E-state index >= 15 is 0 Å². The van der Waals surface area contributed by atoms with Gasteiger partial charge < -0.3 is 9.64 Å². The highest BCUT2D eigenvalue weighted by Gasteiger charge is 2.55. The average molecular weight is 358 g/mol. The minimum Gasteiger partial charge on any atom is -0.464 e. The number of ether oxygens (including phenoxy) is 1. The number of amides is 1. The van der Waals surface area contributed by atoms with Gasteiger partial charge in [0.1, 0.15) is 0 Å². The normalized spacial score (nSPS) is 22.6. The summed E-state index contributed by atoms with van der Waals surface area (Å²) in [6, 6.07) is 18.2. The number of carbonyl (C=O) groups excluding carboxylic acids is 2. The zero-order valence-corrected chi connectivity index (χ0v) is 14.8. The molecule has 1 saturated heterocycles. The Hall–Kier alpha value is -2.33. The first kappa shape index (κ1) is 17.5. The van der Waals surface area contributed by atoms with E-state index in [1.165, 1.54) is 0 Å². The minimum atomic E-state index is -1.20. The molecule has 0 aliphatic carbocycles. The summed E-state index contributed by atoms with van der Waals surface area (Å²) < 4.78 is 5.36. The molecule has 1 aliphatic heterocycles. The summed E-state index contributed by atoms with van der Waals surface area (Å²) in [6.07, 6.45) is 0.329. The van der Waals surface area contributed by atoms with Crippen molar-refractivity contribution in [3.8, 4) is 0 Å². The van der Waals surface area contributed by atoms with Crippen molar-refractivity contribution in [2.75, 3.05) is 13.2 Å². The van der Waals surface area contributed by atoms with E-state index in [2.05, 4.69) is 0 Å². The summed E-state index contributed by atoms with van der Waals surface area (Å²) in [7, 11) is 0. The van der Waals surface area contributed by atoms with Crippen LogP contribution in [0.4, 0.5) is 0 Å². The van der Waals surface area contributed by atoms with Crippen LogP contribution < -0.4 is 0 Å². The molecule has 1 heterocycles. The lowest BCUT2D eigenvalue weighted by molar-refractivity contribution is -0.155. The smallest absolute Gasteiger partial charge is 0.336 e. The molecule has 0 saturated carbocycles. The first-order chi connectivity index (χ1) is 12.1. The summed E-state index contributed by atoms with van der Waals surface area (Å²) >= 11 is 6.42. The molecular weight excluding hydrogens is 338 g/mol. The highest BCUT2D eigenvalue weighted by Crippen LogP contribution is 2.42. The summed E-state index contributed by atoms with van der Waals surface area (Å²) in [5, 5.41) is -0.322. The van der Waals surface area contributed by atoms with Gasteiger partial charge in [0.15, 0.2) is 5.54 Å². The molecule has 5 heteroatoms. The topological polar surface area (TPSA) is 46.6 Å². The Morgan fingerprint density at radius 3 is 2.32 bits per heavy atom. The zero-order chi connectivity index (χ0) is 17.9. The SMILES string of the molecule is CCOC(=O)C1(c2ccccc2)CC(Cl)CN1C(=O)c1ccccc1. The fourth-order valence-electron chi connectivity index (χ4n) is 3.39. The van der Waals surface area contributed by atoms with Crippen LogP contribution in [0.2, 0.25) is 0 Å². The standard InChI is InChI=1S/C20H20ClNO3/c1-2-25-19(24)20(16-11-7-4-8-12-16)13-17(21)14-22(20)18(23)15-9-5-3-6-10-15/h3-12,17H,2,13-14H2,1H3. The zero-order valence-electron chi connectivity index (χ0n) is 14.0. The lowest BCUT2D eigenvalue weighted by Crippen LogP contribution is -2.51. The highest BCUT2D eigenvalue weighted by molar-refractivity contribution is 6.21. The number of hydrogen-bond donors (Lipinski definition) is 0. The first-order valence-corrected chi connectivity index (χ1v) is 8.77. The fourth-order valence-corrected chi connectivity index (χ4v) is 3.75. The van der Waals surface area contributed by atoms with Gasteiger partial charge in [-0.3, -0.25) is 4.79 Å². The Balaban J connectivity index is 2.11. The summed E-state index contributed by atoms with van der Waals surface area (Å²) in [4.78, 5) is 27.7. The summed E-state index contributed by atoms with van der Waals surface area (Å²) in [5.41, 5.74) is 0.0510. The number of likely N-dealkylation sites (tertiary alicyclic amines) is 1. The van der Waals surface area contributed by atoms with Gasteiger partial charge in [0.05, 0.1) is 12.0 Å². The third kappa shape index (κ3) is 3.14. The number of carbonyl (C=O) groups is 2. The molecule has 2 atom stereocenters. The molecule has 1 aliphatic rings. The quantitative estimate of drug-likeness (QED) is 0.620. The van der Waals surface area contributed by atoms with Crippen molar-refractivity contribution < 1.29 is 14.3 Å². The number of benzene rings is 2. The third-order valence-corrected chi connectivity index (χ3v) is 4.78. The van der Waals surface area contributed by atoms with Gasteiger partial charge in [-0.1, -0.05) is 48.5 Å². The van der Waals surface area contributed by atoms with Crippen molar-refractivity contribution in [3.63, 3.8) is 0 Å². The molecule has 3 rings (SSSR count). The van der Waals surface area contributed by atoms with Gasteiger partial charge in [0.2, 0.25) is 0 Å². The van der Waals surface area contributed by atoms with Crippen molar-refractivity contribution >= 4 is 23.5 Å². The number of halogens is 1. The second kappa shape index (κ2) is 7.28. The molecule has 2 aromatic rings. The Kier molecular flexibility index (Phi) is 5.09. The van der Waals surface area contributed by atoms with Gasteiger partial charge in [-0.15, -0.1) is 11.6 Å². The minimum absolute atomic E-state index is 0.222. The summed E-state index contributed by atoms with van der Waals surface area (Å²) in [6.45, 7) is 2.30. The van der Waals surface area contributed by atoms with Crippen LogP contribution in [-0.2, 0) is 15.1 Å². The predicted molar refractivity (Wildman–Crippen MR) is 96.5 cm³/mol. The Morgan fingerprint density at radius 2 is 1.72 bits per heavy atom. The fraction of sp³-hybridized carbons (Fsp3) is 0.300. The van der Waals surface area contributed by atoms with Crippen molar-refractivity contribution in [2.24, 2.45) is 0 Å². The molecule has 25 heavy (non-hydrogen) atoms. The van der Waals surface area contributed by atoms with Crippen LogP contribution in [0.5, 0.6) is 0 Å². The molecule has 0 spiro atoms. The number of esters is 1. The number of hydrogen-bond acceptors (Lipinski definition) is 3. The van der Waals surface area contributed by atoms with Gasteiger partial charge in [-0.25, -0.2) is 4.79 Å². The lowest BCUT2D eigenvalue weighted by Gasteiger charge is -2.36. The molecule has 0 radical (unpaired) electrons. The Labute approximate surface area is 152 Å². The van der Waals surface area contributed by atoms with Crippen molar-refractivity contribution in [1.29, 1.82) is 0 Å². The lowest BCUT2D eigenvalue weighted by atomic mass is 9.86. The van der Waals surface area contributed by atoms with Gasteiger partial charge >= 0.3 is 5.97 Å². The van der Waals surface area contributed by atoms with Crippen LogP contribution >= 0.6 is 11.6 Å².